The van der Waals surface area contributed by atoms with Crippen LogP contribution in [0.2, 0.25) is 0 Å². The SMILES string of the molecule is CC[C@@H](OC(C)=O)C(C[C@@H](C)N(C)C)(c1ccccc1)c1ccccc1.Cl. The first-order valence-electron chi connectivity index (χ1n) is 9.36. The Morgan fingerprint density at radius 1 is 1.00 bits per heavy atom. The van der Waals surface area contributed by atoms with Gasteiger partial charge in [-0.05, 0) is 45.0 Å². The molecule has 0 aromatic heterocycles. The Kier molecular flexibility index (Phi) is 9.01. The van der Waals surface area contributed by atoms with Gasteiger partial charge in [-0.15, -0.1) is 12.4 Å². The highest BCUT2D eigenvalue weighted by Gasteiger charge is 2.44. The highest BCUT2D eigenvalue weighted by molar-refractivity contribution is 5.85. The van der Waals surface area contributed by atoms with Crippen LogP contribution in [-0.2, 0) is 14.9 Å². The molecule has 0 fully saturated rings. The second kappa shape index (κ2) is 10.5. The molecule has 0 amide bonds. The van der Waals surface area contributed by atoms with E-state index in [1.54, 1.807) is 0 Å². The lowest BCUT2D eigenvalue weighted by Gasteiger charge is -2.43. The van der Waals surface area contributed by atoms with Gasteiger partial charge in [0.15, 0.2) is 0 Å². The molecule has 0 radical (unpaired) electrons. The molecule has 0 unspecified atom stereocenters. The van der Waals surface area contributed by atoms with Crippen molar-refractivity contribution in [2.75, 3.05) is 14.1 Å². The number of hydrogen-bond acceptors (Lipinski definition) is 3. The van der Waals surface area contributed by atoms with Crippen molar-refractivity contribution >= 4 is 18.4 Å². The summed E-state index contributed by atoms with van der Waals surface area (Å²) in [5.74, 6) is -0.231. The molecule has 0 spiro atoms. The van der Waals surface area contributed by atoms with E-state index in [9.17, 15) is 4.79 Å². The lowest BCUT2D eigenvalue weighted by Crippen LogP contribution is -2.47. The topological polar surface area (TPSA) is 29.5 Å². The summed E-state index contributed by atoms with van der Waals surface area (Å²) in [5.41, 5.74) is 1.98. The highest BCUT2D eigenvalue weighted by Crippen LogP contribution is 2.43. The Bertz CT molecular complexity index is 649. The Hall–Kier alpha value is -1.84. The first kappa shape index (κ1) is 23.2. The van der Waals surface area contributed by atoms with Gasteiger partial charge in [0, 0.05) is 13.0 Å². The molecule has 3 nitrogen and oxygen atoms in total. The molecule has 2 aromatic rings. The number of esters is 1. The number of ether oxygens (including phenoxy) is 1. The number of carbonyl (C=O) groups is 1. The van der Waals surface area contributed by atoms with E-state index in [0.717, 1.165) is 12.8 Å². The average molecular weight is 390 g/mol. The molecule has 148 valence electrons. The van der Waals surface area contributed by atoms with Crippen LogP contribution < -0.4 is 0 Å². The molecule has 2 rings (SSSR count). The van der Waals surface area contributed by atoms with Gasteiger partial charge < -0.3 is 9.64 Å². The largest absolute Gasteiger partial charge is 0.461 e. The predicted octanol–water partition coefficient (Wildman–Crippen LogP) is 5.08. The van der Waals surface area contributed by atoms with Crippen molar-refractivity contribution in [3.8, 4) is 0 Å². The summed E-state index contributed by atoms with van der Waals surface area (Å²) in [4.78, 5) is 14.1. The summed E-state index contributed by atoms with van der Waals surface area (Å²) < 4.78 is 5.90. The molecule has 2 atom stereocenters. The molecule has 0 aliphatic rings. The van der Waals surface area contributed by atoms with E-state index in [0.29, 0.717) is 6.04 Å². The minimum atomic E-state index is -0.396. The van der Waals surface area contributed by atoms with Crippen LogP contribution in [0.5, 0.6) is 0 Å². The molecule has 0 heterocycles. The first-order valence-corrected chi connectivity index (χ1v) is 9.36. The van der Waals surface area contributed by atoms with Crippen molar-refractivity contribution in [3.05, 3.63) is 71.8 Å². The smallest absolute Gasteiger partial charge is 0.302 e. The third-order valence-electron chi connectivity index (χ3n) is 5.31. The van der Waals surface area contributed by atoms with E-state index in [-0.39, 0.29) is 24.5 Å². The summed E-state index contributed by atoms with van der Waals surface area (Å²) in [6.45, 7) is 5.81. The quantitative estimate of drug-likeness (QED) is 0.590. The Morgan fingerprint density at radius 3 is 1.78 bits per heavy atom. The Morgan fingerprint density at radius 2 is 1.44 bits per heavy atom. The van der Waals surface area contributed by atoms with Gasteiger partial charge in [-0.25, -0.2) is 0 Å². The van der Waals surface area contributed by atoms with E-state index in [4.69, 9.17) is 4.74 Å². The van der Waals surface area contributed by atoms with Crippen molar-refractivity contribution in [1.82, 2.24) is 4.90 Å². The molecule has 4 heteroatoms. The van der Waals surface area contributed by atoms with Crippen molar-refractivity contribution in [2.45, 2.75) is 51.2 Å². The monoisotopic (exact) mass is 389 g/mol. The molecule has 0 aliphatic heterocycles. The number of benzene rings is 2. The average Bonchev–Trinajstić information content (AvgIpc) is 2.65. The number of hydrogen-bond donors (Lipinski definition) is 0. The lowest BCUT2D eigenvalue weighted by molar-refractivity contribution is -0.150. The Labute approximate surface area is 170 Å². The van der Waals surface area contributed by atoms with Crippen molar-refractivity contribution in [3.63, 3.8) is 0 Å². The predicted molar refractivity (Wildman–Crippen MR) is 115 cm³/mol. The van der Waals surface area contributed by atoms with Crippen LogP contribution in [0.3, 0.4) is 0 Å². The molecule has 27 heavy (non-hydrogen) atoms. The number of nitrogens with zero attached hydrogens (tertiary/aromatic N) is 1. The highest BCUT2D eigenvalue weighted by atomic mass is 35.5. The van der Waals surface area contributed by atoms with Crippen molar-refractivity contribution in [1.29, 1.82) is 0 Å². The fraction of sp³-hybridized carbons (Fsp3) is 0.435. The fourth-order valence-electron chi connectivity index (χ4n) is 3.76. The van der Waals surface area contributed by atoms with Gasteiger partial charge in [0.2, 0.25) is 0 Å². The van der Waals surface area contributed by atoms with Crippen molar-refractivity contribution in [2.24, 2.45) is 0 Å². The van der Waals surface area contributed by atoms with Crippen LogP contribution in [0.1, 0.15) is 44.7 Å². The number of halogens is 1. The fourth-order valence-corrected chi connectivity index (χ4v) is 3.76. The van der Waals surface area contributed by atoms with Gasteiger partial charge in [-0.2, -0.15) is 0 Å². The summed E-state index contributed by atoms with van der Waals surface area (Å²) in [7, 11) is 4.19. The van der Waals surface area contributed by atoms with Gasteiger partial charge in [-0.1, -0.05) is 67.6 Å². The van der Waals surface area contributed by atoms with Crippen LogP contribution in [0.15, 0.2) is 60.7 Å². The third-order valence-corrected chi connectivity index (χ3v) is 5.31. The van der Waals surface area contributed by atoms with E-state index in [2.05, 4.69) is 81.4 Å². The molecular weight excluding hydrogens is 358 g/mol. The first-order chi connectivity index (χ1) is 12.4. The standard InChI is InChI=1S/C23H31NO2.ClH/c1-6-22(26-19(3)25)23(17-18(2)24(4)5,20-13-9-7-10-14-20)21-15-11-8-12-16-21;/h7-16,18,22H,6,17H2,1-5H3;1H/t18-,22-;/m1./s1. The summed E-state index contributed by atoms with van der Waals surface area (Å²) in [6.07, 6.45) is 1.38. The van der Waals surface area contributed by atoms with Gasteiger partial charge in [0.05, 0.1) is 5.41 Å². The molecule has 2 aromatic carbocycles. The van der Waals surface area contributed by atoms with Crippen LogP contribution in [0.25, 0.3) is 0 Å². The molecule has 0 bridgehead atoms. The Balaban J connectivity index is 0.00000364. The third kappa shape index (κ3) is 5.33. The zero-order chi connectivity index (χ0) is 19.2. The molecule has 0 aliphatic carbocycles. The summed E-state index contributed by atoms with van der Waals surface area (Å²) in [5, 5.41) is 0. The van der Waals surface area contributed by atoms with Crippen molar-refractivity contribution < 1.29 is 9.53 Å². The lowest BCUT2D eigenvalue weighted by atomic mass is 9.66. The molecule has 0 saturated heterocycles. The second-order valence-corrected chi connectivity index (χ2v) is 7.23. The second-order valence-electron chi connectivity index (χ2n) is 7.23. The summed E-state index contributed by atoms with van der Waals surface area (Å²) in [6, 6.07) is 21.2. The van der Waals surface area contributed by atoms with Gasteiger partial charge in [0.25, 0.3) is 0 Å². The van der Waals surface area contributed by atoms with E-state index in [1.165, 1.54) is 18.1 Å². The van der Waals surface area contributed by atoms with Crippen LogP contribution in [-0.4, -0.2) is 37.1 Å². The van der Waals surface area contributed by atoms with E-state index in [1.807, 2.05) is 12.1 Å². The number of carbonyl (C=O) groups excluding carboxylic acids is 1. The zero-order valence-electron chi connectivity index (χ0n) is 17.0. The van der Waals surface area contributed by atoms with E-state index >= 15 is 0 Å². The van der Waals surface area contributed by atoms with Crippen LogP contribution in [0.4, 0.5) is 0 Å². The van der Waals surface area contributed by atoms with Gasteiger partial charge in [0.1, 0.15) is 6.10 Å². The zero-order valence-corrected chi connectivity index (χ0v) is 17.8. The van der Waals surface area contributed by atoms with Gasteiger partial charge >= 0.3 is 5.97 Å². The number of rotatable bonds is 8. The summed E-state index contributed by atoms with van der Waals surface area (Å²) >= 11 is 0. The maximum atomic E-state index is 11.9. The van der Waals surface area contributed by atoms with Crippen LogP contribution in [0, 0.1) is 0 Å². The minimum Gasteiger partial charge on any atom is -0.461 e. The maximum Gasteiger partial charge on any atom is 0.302 e. The molecule has 0 saturated carbocycles. The van der Waals surface area contributed by atoms with E-state index < -0.39 is 5.41 Å². The van der Waals surface area contributed by atoms with Crippen LogP contribution >= 0.6 is 12.4 Å². The normalized spacial score (nSPS) is 13.6. The maximum absolute atomic E-state index is 11.9. The molecular formula is C23H32ClNO2. The molecule has 0 N–H and O–H groups in total. The minimum absolute atomic E-state index is 0. The van der Waals surface area contributed by atoms with Gasteiger partial charge in [-0.3, -0.25) is 4.79 Å².